The van der Waals surface area contributed by atoms with E-state index in [0.29, 0.717) is 18.4 Å². The molecule has 0 saturated carbocycles. The summed E-state index contributed by atoms with van der Waals surface area (Å²) in [5.74, 6) is -1.31. The highest BCUT2D eigenvalue weighted by molar-refractivity contribution is 5.62. The van der Waals surface area contributed by atoms with Gasteiger partial charge in [0.05, 0.1) is 0 Å². The number of rotatable bonds is 8. The van der Waals surface area contributed by atoms with Gasteiger partial charge in [0.25, 0.3) is 0 Å². The molecule has 1 aromatic heterocycles. The lowest BCUT2D eigenvalue weighted by Crippen LogP contribution is -2.24. The van der Waals surface area contributed by atoms with Crippen LogP contribution >= 0.6 is 0 Å². The summed E-state index contributed by atoms with van der Waals surface area (Å²) < 4.78 is 81.2. The molecule has 29 heavy (non-hydrogen) atoms. The van der Waals surface area contributed by atoms with Crippen LogP contribution in [-0.2, 0) is 12.6 Å². The van der Waals surface area contributed by atoms with Crippen molar-refractivity contribution in [3.8, 4) is 5.88 Å². The minimum Gasteiger partial charge on any atom is -0.467 e. The second-order valence-electron chi connectivity index (χ2n) is 6.27. The lowest BCUT2D eigenvalue weighted by Gasteiger charge is -2.25. The zero-order valence-electron chi connectivity index (χ0n) is 15.9. The van der Waals surface area contributed by atoms with E-state index in [1.54, 1.807) is 24.0 Å². The number of unbranched alkanes of at least 4 members (excludes halogenated alkanes) is 1. The second-order valence-corrected chi connectivity index (χ2v) is 6.27. The zero-order valence-corrected chi connectivity index (χ0v) is 15.9. The van der Waals surface area contributed by atoms with Crippen LogP contribution < -0.4 is 9.64 Å². The fourth-order valence-corrected chi connectivity index (χ4v) is 2.71. The van der Waals surface area contributed by atoms with Gasteiger partial charge in [0, 0.05) is 18.4 Å². The Labute approximate surface area is 164 Å². The van der Waals surface area contributed by atoms with E-state index in [1.807, 2.05) is 19.1 Å². The molecule has 10 heteroatoms. The number of halogens is 6. The van der Waals surface area contributed by atoms with Gasteiger partial charge >= 0.3 is 12.4 Å². The third-order valence-electron chi connectivity index (χ3n) is 4.06. The number of nitrogens with zero attached hydrogens (tertiary/aromatic N) is 3. The van der Waals surface area contributed by atoms with Gasteiger partial charge in [-0.25, -0.2) is 4.98 Å². The Balaban J connectivity index is 2.47. The van der Waals surface area contributed by atoms with E-state index < -0.39 is 30.4 Å². The molecule has 1 heterocycles. The molecule has 0 aliphatic heterocycles. The molecule has 0 amide bonds. The Morgan fingerprint density at radius 1 is 1.03 bits per heavy atom. The number of aromatic nitrogens is 2. The molecule has 0 bridgehead atoms. The molecule has 0 unspecified atom stereocenters. The SMILES string of the molecule is CCCCc1ccccc1N(CC)c1ncc(C(F)(F)F)c(OCC(F)(F)F)n1. The topological polar surface area (TPSA) is 38.2 Å². The number of para-hydroxylation sites is 1. The van der Waals surface area contributed by atoms with Gasteiger partial charge in [0.1, 0.15) is 5.56 Å². The first-order valence-corrected chi connectivity index (χ1v) is 9.06. The quantitative estimate of drug-likeness (QED) is 0.495. The van der Waals surface area contributed by atoms with Crippen LogP contribution in [0.25, 0.3) is 0 Å². The van der Waals surface area contributed by atoms with Crippen LogP contribution in [0.15, 0.2) is 30.5 Å². The summed E-state index contributed by atoms with van der Waals surface area (Å²) in [6.07, 6.45) is -6.71. The van der Waals surface area contributed by atoms with Crippen LogP contribution in [0.5, 0.6) is 5.88 Å². The number of anilines is 2. The first-order chi connectivity index (χ1) is 13.6. The molecule has 0 atom stereocenters. The maximum atomic E-state index is 13.2. The molecule has 0 saturated heterocycles. The summed E-state index contributed by atoms with van der Waals surface area (Å²) >= 11 is 0. The fourth-order valence-electron chi connectivity index (χ4n) is 2.71. The molecule has 0 radical (unpaired) electrons. The number of aryl methyl sites for hydroxylation is 1. The van der Waals surface area contributed by atoms with E-state index in [4.69, 9.17) is 0 Å². The van der Waals surface area contributed by atoms with Crippen LogP contribution in [0, 0.1) is 0 Å². The van der Waals surface area contributed by atoms with E-state index >= 15 is 0 Å². The van der Waals surface area contributed by atoms with Crippen molar-refractivity contribution in [2.75, 3.05) is 18.1 Å². The lowest BCUT2D eigenvalue weighted by atomic mass is 10.1. The van der Waals surface area contributed by atoms with E-state index in [9.17, 15) is 26.3 Å². The van der Waals surface area contributed by atoms with Gasteiger partial charge in [-0.15, -0.1) is 0 Å². The highest BCUT2D eigenvalue weighted by Gasteiger charge is 2.38. The van der Waals surface area contributed by atoms with Crippen molar-refractivity contribution in [3.63, 3.8) is 0 Å². The fraction of sp³-hybridized carbons (Fsp3) is 0.474. The number of alkyl halides is 6. The van der Waals surface area contributed by atoms with Crippen molar-refractivity contribution in [2.45, 2.75) is 45.5 Å². The van der Waals surface area contributed by atoms with Crippen LogP contribution in [0.1, 0.15) is 37.8 Å². The van der Waals surface area contributed by atoms with Crippen molar-refractivity contribution in [3.05, 3.63) is 41.6 Å². The van der Waals surface area contributed by atoms with Crippen LogP contribution in [0.3, 0.4) is 0 Å². The van der Waals surface area contributed by atoms with Crippen LogP contribution in [-0.4, -0.2) is 29.3 Å². The molecule has 4 nitrogen and oxygen atoms in total. The standard InChI is InChI=1S/C19H21F6N3O/c1-3-5-8-13-9-6-7-10-15(13)28(4-2)17-26-11-14(19(23,24)25)16(27-17)29-12-18(20,21)22/h6-7,9-11H,3-5,8,12H2,1-2H3. The van der Waals surface area contributed by atoms with Crippen molar-refractivity contribution < 1.29 is 31.1 Å². The minimum absolute atomic E-state index is 0.165. The summed E-state index contributed by atoms with van der Waals surface area (Å²) in [5.41, 5.74) is 0.170. The van der Waals surface area contributed by atoms with Gasteiger partial charge in [0.2, 0.25) is 11.8 Å². The summed E-state index contributed by atoms with van der Waals surface area (Å²) in [7, 11) is 0. The molecule has 1 aromatic carbocycles. The zero-order chi connectivity index (χ0) is 21.7. The Morgan fingerprint density at radius 2 is 1.72 bits per heavy atom. The van der Waals surface area contributed by atoms with Crippen molar-refractivity contribution in [1.82, 2.24) is 9.97 Å². The number of hydrogen-bond donors (Lipinski definition) is 0. The summed E-state index contributed by atoms with van der Waals surface area (Å²) in [6.45, 7) is 2.19. The number of benzene rings is 1. The Hall–Kier alpha value is -2.52. The van der Waals surface area contributed by atoms with E-state index in [0.717, 1.165) is 24.8 Å². The highest BCUT2D eigenvalue weighted by Crippen LogP contribution is 2.37. The average molecular weight is 421 g/mol. The van der Waals surface area contributed by atoms with Crippen LogP contribution in [0.2, 0.25) is 0 Å². The Bertz CT molecular complexity index is 807. The van der Waals surface area contributed by atoms with Crippen LogP contribution in [0.4, 0.5) is 38.0 Å². The lowest BCUT2D eigenvalue weighted by molar-refractivity contribution is -0.159. The molecular weight excluding hydrogens is 400 g/mol. The van der Waals surface area contributed by atoms with Gasteiger partial charge in [-0.2, -0.15) is 31.3 Å². The average Bonchev–Trinajstić information content (AvgIpc) is 2.65. The number of hydrogen-bond acceptors (Lipinski definition) is 4. The monoisotopic (exact) mass is 421 g/mol. The van der Waals surface area contributed by atoms with Crippen molar-refractivity contribution >= 4 is 11.6 Å². The first kappa shape index (κ1) is 22.8. The molecule has 0 aliphatic rings. The third-order valence-corrected chi connectivity index (χ3v) is 4.06. The molecule has 0 fully saturated rings. The minimum atomic E-state index is -4.95. The molecule has 0 spiro atoms. The van der Waals surface area contributed by atoms with Gasteiger partial charge in [0.15, 0.2) is 6.61 Å². The molecular formula is C19H21F6N3O. The molecule has 0 aliphatic carbocycles. The van der Waals surface area contributed by atoms with Gasteiger partial charge in [-0.1, -0.05) is 31.5 Å². The predicted octanol–water partition coefficient (Wildman–Crippen LogP) is 5.94. The largest absolute Gasteiger partial charge is 0.467 e. The van der Waals surface area contributed by atoms with E-state index in [2.05, 4.69) is 14.7 Å². The predicted molar refractivity (Wildman–Crippen MR) is 96.3 cm³/mol. The van der Waals surface area contributed by atoms with Crippen molar-refractivity contribution in [1.29, 1.82) is 0 Å². The molecule has 160 valence electrons. The molecule has 2 aromatic rings. The maximum absolute atomic E-state index is 13.2. The van der Waals surface area contributed by atoms with Gasteiger partial charge in [-0.05, 0) is 31.4 Å². The Morgan fingerprint density at radius 3 is 2.31 bits per heavy atom. The third kappa shape index (κ3) is 6.23. The summed E-state index contributed by atoms with van der Waals surface area (Å²) in [5, 5.41) is 0. The van der Waals surface area contributed by atoms with Crippen molar-refractivity contribution in [2.24, 2.45) is 0 Å². The summed E-state index contributed by atoms with van der Waals surface area (Å²) in [6, 6.07) is 7.26. The van der Waals surface area contributed by atoms with E-state index in [1.165, 1.54) is 0 Å². The molecule has 0 N–H and O–H groups in total. The first-order valence-electron chi connectivity index (χ1n) is 9.06. The number of ether oxygens (including phenoxy) is 1. The Kier molecular flexibility index (Phi) is 7.32. The normalized spacial score (nSPS) is 12.1. The highest BCUT2D eigenvalue weighted by atomic mass is 19.4. The summed E-state index contributed by atoms with van der Waals surface area (Å²) in [4.78, 5) is 8.98. The van der Waals surface area contributed by atoms with E-state index in [-0.39, 0.29) is 5.95 Å². The van der Waals surface area contributed by atoms with Gasteiger partial charge in [-0.3, -0.25) is 0 Å². The second kappa shape index (κ2) is 9.32. The maximum Gasteiger partial charge on any atom is 0.423 e. The van der Waals surface area contributed by atoms with Gasteiger partial charge < -0.3 is 9.64 Å². The smallest absolute Gasteiger partial charge is 0.423 e. The molecule has 2 rings (SSSR count).